The molecule has 0 unspecified atom stereocenters. The molecular weight excluding hydrogens is 309 g/mol. The number of hydrogen-bond donors (Lipinski definition) is 1. The van der Waals surface area contributed by atoms with Gasteiger partial charge >= 0.3 is 0 Å². The zero-order valence-corrected chi connectivity index (χ0v) is 13.0. The molecule has 0 aliphatic carbocycles. The monoisotopic (exact) mass is 325 g/mol. The Labute approximate surface area is 128 Å². The second-order valence-corrected chi connectivity index (χ2v) is 7.31. The molecule has 112 valence electrons. The molecular formula is C15H16FNO2S2. The van der Waals surface area contributed by atoms with Gasteiger partial charge in [-0.15, -0.1) is 11.8 Å². The molecule has 0 saturated carbocycles. The lowest BCUT2D eigenvalue weighted by molar-refractivity contribution is 0.577. The minimum Gasteiger partial charge on any atom is -0.211 e. The molecule has 0 heterocycles. The maximum atomic E-state index is 13.0. The van der Waals surface area contributed by atoms with E-state index >= 15 is 0 Å². The van der Waals surface area contributed by atoms with Crippen molar-refractivity contribution in [1.29, 1.82) is 0 Å². The fourth-order valence-electron chi connectivity index (χ4n) is 1.70. The average molecular weight is 325 g/mol. The van der Waals surface area contributed by atoms with Crippen LogP contribution in [0, 0.1) is 5.82 Å². The zero-order chi connectivity index (χ0) is 15.1. The van der Waals surface area contributed by atoms with Crippen molar-refractivity contribution in [2.24, 2.45) is 0 Å². The van der Waals surface area contributed by atoms with Crippen LogP contribution in [0.1, 0.15) is 6.42 Å². The predicted octanol–water partition coefficient (Wildman–Crippen LogP) is 3.29. The summed E-state index contributed by atoms with van der Waals surface area (Å²) in [4.78, 5) is 1.11. The molecule has 0 radical (unpaired) electrons. The Morgan fingerprint density at radius 3 is 2.52 bits per heavy atom. The second kappa shape index (κ2) is 7.59. The summed E-state index contributed by atoms with van der Waals surface area (Å²) in [6.45, 7) is 0.332. The van der Waals surface area contributed by atoms with E-state index < -0.39 is 15.8 Å². The highest BCUT2D eigenvalue weighted by molar-refractivity contribution is 7.99. The Morgan fingerprint density at radius 2 is 1.81 bits per heavy atom. The van der Waals surface area contributed by atoms with Gasteiger partial charge in [-0.05, 0) is 42.5 Å². The first-order valence-corrected chi connectivity index (χ1v) is 8.98. The lowest BCUT2D eigenvalue weighted by Crippen LogP contribution is -2.25. The molecule has 2 aromatic rings. The molecule has 0 spiro atoms. The number of rotatable bonds is 7. The van der Waals surface area contributed by atoms with Gasteiger partial charge in [0.25, 0.3) is 0 Å². The highest BCUT2D eigenvalue weighted by Gasteiger charge is 2.13. The van der Waals surface area contributed by atoms with E-state index in [1.165, 1.54) is 18.2 Å². The number of thioether (sulfide) groups is 1. The fraction of sp³-hybridized carbons (Fsp3) is 0.200. The van der Waals surface area contributed by atoms with Crippen molar-refractivity contribution < 1.29 is 12.8 Å². The van der Waals surface area contributed by atoms with Crippen molar-refractivity contribution in [2.75, 3.05) is 12.3 Å². The van der Waals surface area contributed by atoms with E-state index in [0.717, 1.165) is 16.7 Å². The van der Waals surface area contributed by atoms with Gasteiger partial charge in [0.05, 0.1) is 4.90 Å². The van der Waals surface area contributed by atoms with E-state index in [4.69, 9.17) is 0 Å². The van der Waals surface area contributed by atoms with Crippen molar-refractivity contribution in [3.05, 3.63) is 60.4 Å². The van der Waals surface area contributed by atoms with E-state index in [9.17, 15) is 12.8 Å². The van der Waals surface area contributed by atoms with Gasteiger partial charge in [0.15, 0.2) is 0 Å². The third kappa shape index (κ3) is 5.15. The molecule has 0 fully saturated rings. The van der Waals surface area contributed by atoms with Crippen LogP contribution >= 0.6 is 11.8 Å². The molecule has 0 bridgehead atoms. The Hall–Kier alpha value is -1.37. The van der Waals surface area contributed by atoms with E-state index in [1.807, 2.05) is 30.3 Å². The van der Waals surface area contributed by atoms with Crippen LogP contribution in [-0.4, -0.2) is 20.7 Å². The Balaban J connectivity index is 1.78. The van der Waals surface area contributed by atoms with Gasteiger partial charge in [0, 0.05) is 11.4 Å². The molecule has 3 nitrogen and oxygen atoms in total. The van der Waals surface area contributed by atoms with Crippen LogP contribution < -0.4 is 4.72 Å². The van der Waals surface area contributed by atoms with Crippen LogP contribution in [0.4, 0.5) is 4.39 Å². The lowest BCUT2D eigenvalue weighted by Gasteiger charge is -2.06. The number of benzene rings is 2. The van der Waals surface area contributed by atoms with Crippen molar-refractivity contribution in [2.45, 2.75) is 16.2 Å². The quantitative estimate of drug-likeness (QED) is 0.628. The molecule has 0 aliphatic heterocycles. The summed E-state index contributed by atoms with van der Waals surface area (Å²) >= 11 is 1.67. The van der Waals surface area contributed by atoms with Crippen LogP contribution in [0.15, 0.2) is 64.4 Å². The minimum absolute atomic E-state index is 0.0433. The van der Waals surface area contributed by atoms with Crippen LogP contribution in [0.5, 0.6) is 0 Å². The molecule has 1 N–H and O–H groups in total. The first-order valence-electron chi connectivity index (χ1n) is 6.51. The van der Waals surface area contributed by atoms with Gasteiger partial charge in [-0.3, -0.25) is 0 Å². The molecule has 0 aliphatic rings. The molecule has 2 rings (SSSR count). The third-order valence-electron chi connectivity index (χ3n) is 2.73. The van der Waals surface area contributed by atoms with E-state index in [1.54, 1.807) is 11.8 Å². The minimum atomic E-state index is -3.63. The number of hydrogen-bond acceptors (Lipinski definition) is 3. The fourth-order valence-corrected chi connectivity index (χ4v) is 3.68. The Morgan fingerprint density at radius 1 is 1.05 bits per heavy atom. The molecule has 6 heteroatoms. The van der Waals surface area contributed by atoms with Crippen LogP contribution in [-0.2, 0) is 10.0 Å². The summed E-state index contributed by atoms with van der Waals surface area (Å²) < 4.78 is 39.4. The van der Waals surface area contributed by atoms with Crippen LogP contribution in [0.2, 0.25) is 0 Å². The SMILES string of the molecule is O=S(=O)(NCCCSc1ccccc1)c1cccc(F)c1. The normalized spacial score (nSPS) is 11.5. The van der Waals surface area contributed by atoms with Crippen molar-refractivity contribution >= 4 is 21.8 Å². The maximum absolute atomic E-state index is 13.0. The van der Waals surface area contributed by atoms with E-state index in [2.05, 4.69) is 4.72 Å². The summed E-state index contributed by atoms with van der Waals surface area (Å²) in [5.41, 5.74) is 0. The molecule has 0 aromatic heterocycles. The molecule has 21 heavy (non-hydrogen) atoms. The first-order chi connectivity index (χ1) is 10.1. The van der Waals surface area contributed by atoms with Crippen molar-refractivity contribution in [3.63, 3.8) is 0 Å². The Bertz CT molecular complexity index is 675. The standard InChI is InChI=1S/C15H16FNO2S2/c16-13-6-4-9-15(12-13)21(18,19)17-10-5-11-20-14-7-2-1-3-8-14/h1-4,6-9,12,17H,5,10-11H2. The number of nitrogens with one attached hydrogen (secondary N) is 1. The molecule has 2 aromatic carbocycles. The van der Waals surface area contributed by atoms with Crippen molar-refractivity contribution in [3.8, 4) is 0 Å². The van der Waals surface area contributed by atoms with Crippen molar-refractivity contribution in [1.82, 2.24) is 4.72 Å². The summed E-state index contributed by atoms with van der Waals surface area (Å²) in [7, 11) is -3.63. The average Bonchev–Trinajstić information content (AvgIpc) is 2.48. The lowest BCUT2D eigenvalue weighted by atomic mass is 10.4. The van der Waals surface area contributed by atoms with Gasteiger partial charge in [0.2, 0.25) is 10.0 Å². The maximum Gasteiger partial charge on any atom is 0.240 e. The Kier molecular flexibility index (Phi) is 5.78. The summed E-state index contributed by atoms with van der Waals surface area (Å²) in [6.07, 6.45) is 0.702. The predicted molar refractivity (Wildman–Crippen MR) is 83.4 cm³/mol. The first kappa shape index (κ1) is 16.0. The largest absolute Gasteiger partial charge is 0.240 e. The number of sulfonamides is 1. The molecule has 0 amide bonds. The van der Waals surface area contributed by atoms with Gasteiger partial charge in [-0.25, -0.2) is 17.5 Å². The van der Waals surface area contributed by atoms with Crippen LogP contribution in [0.25, 0.3) is 0 Å². The zero-order valence-electron chi connectivity index (χ0n) is 11.3. The highest BCUT2D eigenvalue weighted by Crippen LogP contribution is 2.17. The summed E-state index contributed by atoms with van der Waals surface area (Å²) in [5, 5.41) is 0. The summed E-state index contributed by atoms with van der Waals surface area (Å²) in [6, 6.07) is 14.9. The van der Waals surface area contributed by atoms with Gasteiger partial charge in [-0.1, -0.05) is 24.3 Å². The van der Waals surface area contributed by atoms with Crippen LogP contribution in [0.3, 0.4) is 0 Å². The topological polar surface area (TPSA) is 46.2 Å². The second-order valence-electron chi connectivity index (χ2n) is 4.37. The third-order valence-corrected chi connectivity index (χ3v) is 5.29. The van der Waals surface area contributed by atoms with E-state index in [0.29, 0.717) is 13.0 Å². The van der Waals surface area contributed by atoms with E-state index in [-0.39, 0.29) is 4.90 Å². The van der Waals surface area contributed by atoms with Gasteiger partial charge in [-0.2, -0.15) is 0 Å². The smallest absolute Gasteiger partial charge is 0.211 e. The highest BCUT2D eigenvalue weighted by atomic mass is 32.2. The van der Waals surface area contributed by atoms with Gasteiger partial charge < -0.3 is 0 Å². The number of halogens is 1. The molecule has 0 saturated heterocycles. The van der Waals surface area contributed by atoms with Gasteiger partial charge in [0.1, 0.15) is 5.82 Å². The summed E-state index contributed by atoms with van der Waals surface area (Å²) in [5.74, 6) is 0.257. The molecule has 0 atom stereocenters.